The van der Waals surface area contributed by atoms with Crippen molar-refractivity contribution in [1.82, 2.24) is 5.32 Å². The minimum atomic E-state index is 0.826. The quantitative estimate of drug-likeness (QED) is 0.659. The smallest absolute Gasteiger partial charge is 0.00950 e. The van der Waals surface area contributed by atoms with E-state index in [0.29, 0.717) is 0 Å². The molecule has 0 aromatic rings. The number of fused-ring (bicyclic) bond motifs is 2. The molecule has 0 heterocycles. The van der Waals surface area contributed by atoms with E-state index in [0.717, 1.165) is 23.8 Å². The molecule has 0 saturated heterocycles. The SMILES string of the molecule is CCCCCC(NC)C1CC2CCC1C2. The minimum absolute atomic E-state index is 0.826. The Labute approximate surface area is 95.0 Å². The molecule has 2 rings (SSSR count). The molecule has 2 aliphatic carbocycles. The summed E-state index contributed by atoms with van der Waals surface area (Å²) < 4.78 is 0. The summed E-state index contributed by atoms with van der Waals surface area (Å²) in [6.07, 6.45) is 11.8. The maximum absolute atomic E-state index is 3.59. The molecule has 1 N–H and O–H groups in total. The predicted octanol–water partition coefficient (Wildman–Crippen LogP) is 3.59. The Balaban J connectivity index is 1.79. The molecule has 1 heteroatoms. The van der Waals surface area contributed by atoms with Gasteiger partial charge in [-0.3, -0.25) is 0 Å². The zero-order valence-corrected chi connectivity index (χ0v) is 10.5. The molecule has 1 nitrogen and oxygen atoms in total. The second kappa shape index (κ2) is 5.34. The molecule has 4 atom stereocenters. The van der Waals surface area contributed by atoms with Crippen molar-refractivity contribution in [2.75, 3.05) is 7.05 Å². The third kappa shape index (κ3) is 2.55. The number of hydrogen-bond acceptors (Lipinski definition) is 1. The van der Waals surface area contributed by atoms with Crippen LogP contribution >= 0.6 is 0 Å². The Hall–Kier alpha value is -0.0400. The van der Waals surface area contributed by atoms with Gasteiger partial charge >= 0.3 is 0 Å². The highest BCUT2D eigenvalue weighted by molar-refractivity contribution is 4.94. The first-order valence-corrected chi connectivity index (χ1v) is 7.02. The van der Waals surface area contributed by atoms with Crippen LogP contribution in [0.25, 0.3) is 0 Å². The van der Waals surface area contributed by atoms with Gasteiger partial charge in [0.2, 0.25) is 0 Å². The van der Waals surface area contributed by atoms with Gasteiger partial charge in [-0.15, -0.1) is 0 Å². The lowest BCUT2D eigenvalue weighted by atomic mass is 9.81. The monoisotopic (exact) mass is 209 g/mol. The van der Waals surface area contributed by atoms with Crippen molar-refractivity contribution in [3.05, 3.63) is 0 Å². The maximum atomic E-state index is 3.59. The standard InChI is InChI=1S/C14H27N/c1-3-4-5-6-14(15-2)13-10-11-7-8-12(13)9-11/h11-15H,3-10H2,1-2H3. The lowest BCUT2D eigenvalue weighted by Crippen LogP contribution is -2.36. The van der Waals surface area contributed by atoms with Gasteiger partial charge in [-0.05, 0) is 50.5 Å². The summed E-state index contributed by atoms with van der Waals surface area (Å²) >= 11 is 0. The van der Waals surface area contributed by atoms with Crippen molar-refractivity contribution in [3.63, 3.8) is 0 Å². The van der Waals surface area contributed by atoms with Crippen LogP contribution in [0.15, 0.2) is 0 Å². The molecule has 0 aromatic heterocycles. The second-order valence-electron chi connectivity index (χ2n) is 5.73. The van der Waals surface area contributed by atoms with Gasteiger partial charge in [0.1, 0.15) is 0 Å². The highest BCUT2D eigenvalue weighted by atomic mass is 14.9. The molecule has 2 aliphatic rings. The van der Waals surface area contributed by atoms with Crippen molar-refractivity contribution in [2.45, 2.75) is 64.3 Å². The van der Waals surface area contributed by atoms with E-state index in [4.69, 9.17) is 0 Å². The van der Waals surface area contributed by atoms with Crippen LogP contribution in [0.5, 0.6) is 0 Å². The van der Waals surface area contributed by atoms with Crippen LogP contribution in [0.2, 0.25) is 0 Å². The summed E-state index contributed by atoms with van der Waals surface area (Å²) in [7, 11) is 2.17. The van der Waals surface area contributed by atoms with Crippen molar-refractivity contribution >= 4 is 0 Å². The fraction of sp³-hybridized carbons (Fsp3) is 1.00. The summed E-state index contributed by atoms with van der Waals surface area (Å²) in [5.41, 5.74) is 0. The summed E-state index contributed by atoms with van der Waals surface area (Å²) in [6.45, 7) is 2.30. The van der Waals surface area contributed by atoms with Gasteiger partial charge < -0.3 is 5.32 Å². The molecule has 15 heavy (non-hydrogen) atoms. The Kier molecular flexibility index (Phi) is 4.07. The predicted molar refractivity (Wildman–Crippen MR) is 65.9 cm³/mol. The summed E-state index contributed by atoms with van der Waals surface area (Å²) in [4.78, 5) is 0. The maximum Gasteiger partial charge on any atom is 0.00950 e. The van der Waals surface area contributed by atoms with E-state index in [1.165, 1.54) is 44.9 Å². The van der Waals surface area contributed by atoms with Crippen molar-refractivity contribution in [2.24, 2.45) is 17.8 Å². The zero-order valence-electron chi connectivity index (χ0n) is 10.5. The number of rotatable bonds is 6. The van der Waals surface area contributed by atoms with Crippen LogP contribution in [0.4, 0.5) is 0 Å². The van der Waals surface area contributed by atoms with Gasteiger partial charge in [0, 0.05) is 6.04 Å². The average Bonchev–Trinajstić information content (AvgIpc) is 2.86. The number of nitrogens with one attached hydrogen (secondary N) is 1. The lowest BCUT2D eigenvalue weighted by Gasteiger charge is -2.30. The molecule has 0 radical (unpaired) electrons. The third-order valence-corrected chi connectivity index (χ3v) is 4.80. The van der Waals surface area contributed by atoms with Crippen LogP contribution in [0.3, 0.4) is 0 Å². The highest BCUT2D eigenvalue weighted by Crippen LogP contribution is 2.50. The van der Waals surface area contributed by atoms with Gasteiger partial charge in [-0.1, -0.05) is 32.6 Å². The fourth-order valence-electron chi connectivity index (χ4n) is 3.97. The van der Waals surface area contributed by atoms with Crippen LogP contribution in [-0.4, -0.2) is 13.1 Å². The van der Waals surface area contributed by atoms with Gasteiger partial charge in [-0.25, -0.2) is 0 Å². The Morgan fingerprint density at radius 1 is 1.20 bits per heavy atom. The van der Waals surface area contributed by atoms with E-state index in [1.807, 2.05) is 0 Å². The van der Waals surface area contributed by atoms with Gasteiger partial charge in [0.15, 0.2) is 0 Å². The Bertz CT molecular complexity index is 190. The van der Waals surface area contributed by atoms with E-state index >= 15 is 0 Å². The molecule has 0 spiro atoms. The zero-order chi connectivity index (χ0) is 10.7. The van der Waals surface area contributed by atoms with Crippen molar-refractivity contribution in [3.8, 4) is 0 Å². The summed E-state index contributed by atoms with van der Waals surface area (Å²) in [6, 6.07) is 0.826. The minimum Gasteiger partial charge on any atom is -0.317 e. The van der Waals surface area contributed by atoms with Gasteiger partial charge in [0.25, 0.3) is 0 Å². The Morgan fingerprint density at radius 2 is 2.07 bits per heavy atom. The summed E-state index contributed by atoms with van der Waals surface area (Å²) in [5, 5.41) is 3.59. The molecular formula is C14H27N. The molecule has 0 amide bonds. The molecule has 0 aromatic carbocycles. The average molecular weight is 209 g/mol. The van der Waals surface area contributed by atoms with Gasteiger partial charge in [-0.2, -0.15) is 0 Å². The third-order valence-electron chi connectivity index (χ3n) is 4.80. The van der Waals surface area contributed by atoms with Crippen LogP contribution in [0.1, 0.15) is 58.3 Å². The van der Waals surface area contributed by atoms with Crippen LogP contribution in [0, 0.1) is 17.8 Å². The molecule has 2 saturated carbocycles. The van der Waals surface area contributed by atoms with Crippen molar-refractivity contribution < 1.29 is 0 Å². The topological polar surface area (TPSA) is 12.0 Å². The van der Waals surface area contributed by atoms with Crippen molar-refractivity contribution in [1.29, 1.82) is 0 Å². The van der Waals surface area contributed by atoms with E-state index in [1.54, 1.807) is 6.42 Å². The van der Waals surface area contributed by atoms with E-state index in [-0.39, 0.29) is 0 Å². The number of unbranched alkanes of at least 4 members (excludes halogenated alkanes) is 2. The number of hydrogen-bond donors (Lipinski definition) is 1. The lowest BCUT2D eigenvalue weighted by molar-refractivity contribution is 0.243. The first-order chi connectivity index (χ1) is 7.35. The molecule has 0 aliphatic heterocycles. The van der Waals surface area contributed by atoms with E-state index < -0.39 is 0 Å². The fourth-order valence-corrected chi connectivity index (χ4v) is 3.97. The summed E-state index contributed by atoms with van der Waals surface area (Å²) in [5.74, 6) is 3.20. The molecule has 2 fully saturated rings. The van der Waals surface area contributed by atoms with E-state index in [9.17, 15) is 0 Å². The largest absolute Gasteiger partial charge is 0.317 e. The van der Waals surface area contributed by atoms with Crippen LogP contribution < -0.4 is 5.32 Å². The molecule has 2 bridgehead atoms. The highest BCUT2D eigenvalue weighted by Gasteiger charge is 2.42. The first kappa shape index (κ1) is 11.4. The molecule has 4 unspecified atom stereocenters. The van der Waals surface area contributed by atoms with E-state index in [2.05, 4.69) is 19.3 Å². The molecular weight excluding hydrogens is 182 g/mol. The first-order valence-electron chi connectivity index (χ1n) is 7.02. The molecule has 88 valence electrons. The van der Waals surface area contributed by atoms with Gasteiger partial charge in [0.05, 0.1) is 0 Å². The second-order valence-corrected chi connectivity index (χ2v) is 5.73. The normalized spacial score (nSPS) is 36.0. The van der Waals surface area contributed by atoms with Crippen LogP contribution in [-0.2, 0) is 0 Å². The Morgan fingerprint density at radius 3 is 2.60 bits per heavy atom.